The number of nitrogens with one attached hydrogen (secondary N) is 1. The Hall–Kier alpha value is -0.780. The van der Waals surface area contributed by atoms with Crippen LogP contribution < -0.4 is 14.8 Å². The number of hydrogen-bond donors (Lipinski definition) is 1. The fraction of sp³-hybridized carbons (Fsp3) is 0.625. The molecule has 1 rings (SSSR count). The van der Waals surface area contributed by atoms with Crippen LogP contribution >= 0.6 is 15.9 Å². The van der Waals surface area contributed by atoms with Gasteiger partial charge in [0, 0.05) is 23.7 Å². The second-order valence-electron chi connectivity index (χ2n) is 5.19. The van der Waals surface area contributed by atoms with Crippen LogP contribution in [0.1, 0.15) is 26.3 Å². The van der Waals surface area contributed by atoms with E-state index < -0.39 is 0 Å². The summed E-state index contributed by atoms with van der Waals surface area (Å²) in [4.78, 5) is 0. The molecule has 0 fully saturated rings. The molecule has 5 heteroatoms. The maximum Gasteiger partial charge on any atom is 0.161 e. The van der Waals surface area contributed by atoms with Crippen LogP contribution in [-0.4, -0.2) is 33.5 Å². The molecule has 0 aliphatic rings. The second kappa shape index (κ2) is 9.28. The molecular formula is C16H26BrNO3. The summed E-state index contributed by atoms with van der Waals surface area (Å²) in [5.74, 6) is 1.97. The number of benzene rings is 1. The van der Waals surface area contributed by atoms with Crippen molar-refractivity contribution in [3.05, 3.63) is 22.2 Å². The molecule has 0 saturated heterocycles. The van der Waals surface area contributed by atoms with Gasteiger partial charge in [0.15, 0.2) is 11.5 Å². The van der Waals surface area contributed by atoms with Gasteiger partial charge < -0.3 is 19.5 Å². The lowest BCUT2D eigenvalue weighted by Gasteiger charge is -2.23. The molecular weight excluding hydrogens is 334 g/mol. The van der Waals surface area contributed by atoms with E-state index in [4.69, 9.17) is 14.2 Å². The third-order valence-corrected chi connectivity index (χ3v) is 4.15. The van der Waals surface area contributed by atoms with Gasteiger partial charge in [0.05, 0.1) is 20.8 Å². The summed E-state index contributed by atoms with van der Waals surface area (Å²) in [6.45, 7) is 8.61. The van der Waals surface area contributed by atoms with Crippen LogP contribution in [0.15, 0.2) is 16.6 Å². The maximum atomic E-state index is 5.54. The molecule has 0 spiro atoms. The normalized spacial score (nSPS) is 12.5. The molecule has 1 aromatic rings. The van der Waals surface area contributed by atoms with Crippen LogP contribution in [0.3, 0.4) is 0 Å². The summed E-state index contributed by atoms with van der Waals surface area (Å²) < 4.78 is 17.2. The lowest BCUT2D eigenvalue weighted by molar-refractivity contribution is 0.108. The SMILES string of the molecule is CCOCC(NCc1cc(OC)c(OC)cc1Br)C(C)C. The zero-order valence-electron chi connectivity index (χ0n) is 13.5. The first-order chi connectivity index (χ1) is 10.0. The lowest BCUT2D eigenvalue weighted by atomic mass is 10.0. The smallest absolute Gasteiger partial charge is 0.161 e. The van der Waals surface area contributed by atoms with E-state index in [-0.39, 0.29) is 0 Å². The third-order valence-electron chi connectivity index (χ3n) is 3.41. The molecule has 4 nitrogen and oxygen atoms in total. The molecule has 0 amide bonds. The minimum Gasteiger partial charge on any atom is -0.493 e. The third kappa shape index (κ3) is 5.49. The number of rotatable bonds is 9. The van der Waals surface area contributed by atoms with Gasteiger partial charge in [0.1, 0.15) is 0 Å². The van der Waals surface area contributed by atoms with Crippen LogP contribution in [0.2, 0.25) is 0 Å². The van der Waals surface area contributed by atoms with Crippen molar-refractivity contribution in [2.75, 3.05) is 27.4 Å². The van der Waals surface area contributed by atoms with Crippen molar-refractivity contribution in [2.24, 2.45) is 5.92 Å². The van der Waals surface area contributed by atoms with Crippen molar-refractivity contribution in [2.45, 2.75) is 33.4 Å². The van der Waals surface area contributed by atoms with Gasteiger partial charge in [0.25, 0.3) is 0 Å². The zero-order chi connectivity index (χ0) is 15.8. The Morgan fingerprint density at radius 2 is 1.76 bits per heavy atom. The first-order valence-corrected chi connectivity index (χ1v) is 8.04. The van der Waals surface area contributed by atoms with Crippen LogP contribution in [0.4, 0.5) is 0 Å². The summed E-state index contributed by atoms with van der Waals surface area (Å²) in [5.41, 5.74) is 1.13. The summed E-state index contributed by atoms with van der Waals surface area (Å²) in [6.07, 6.45) is 0. The topological polar surface area (TPSA) is 39.7 Å². The number of methoxy groups -OCH3 is 2. The Balaban J connectivity index is 2.77. The van der Waals surface area contributed by atoms with E-state index in [2.05, 4.69) is 35.1 Å². The van der Waals surface area contributed by atoms with E-state index >= 15 is 0 Å². The molecule has 21 heavy (non-hydrogen) atoms. The Labute approximate surface area is 136 Å². The first-order valence-electron chi connectivity index (χ1n) is 7.24. The number of hydrogen-bond acceptors (Lipinski definition) is 4. The molecule has 0 saturated carbocycles. The fourth-order valence-electron chi connectivity index (χ4n) is 2.00. The predicted octanol–water partition coefficient (Wildman–Crippen LogP) is 3.62. The van der Waals surface area contributed by atoms with E-state index in [1.165, 1.54) is 0 Å². The summed E-state index contributed by atoms with van der Waals surface area (Å²) in [6, 6.07) is 4.25. The molecule has 1 unspecified atom stereocenters. The Morgan fingerprint density at radius 3 is 2.29 bits per heavy atom. The Kier molecular flexibility index (Phi) is 8.07. The Bertz CT molecular complexity index is 438. The van der Waals surface area contributed by atoms with E-state index in [1.54, 1.807) is 14.2 Å². The highest BCUT2D eigenvalue weighted by atomic mass is 79.9. The molecule has 0 aliphatic heterocycles. The molecule has 1 aromatic carbocycles. The Morgan fingerprint density at radius 1 is 1.14 bits per heavy atom. The van der Waals surface area contributed by atoms with Gasteiger partial charge in [-0.15, -0.1) is 0 Å². The van der Waals surface area contributed by atoms with Gasteiger partial charge in [-0.1, -0.05) is 29.8 Å². The van der Waals surface area contributed by atoms with Gasteiger partial charge >= 0.3 is 0 Å². The van der Waals surface area contributed by atoms with E-state index in [9.17, 15) is 0 Å². The number of halogens is 1. The average molecular weight is 360 g/mol. The average Bonchev–Trinajstić information content (AvgIpc) is 2.47. The molecule has 0 heterocycles. The molecule has 0 aromatic heterocycles. The predicted molar refractivity (Wildman–Crippen MR) is 89.2 cm³/mol. The summed E-state index contributed by atoms with van der Waals surface area (Å²) >= 11 is 3.58. The van der Waals surface area contributed by atoms with Crippen molar-refractivity contribution in [3.63, 3.8) is 0 Å². The van der Waals surface area contributed by atoms with Crippen LogP contribution in [0.25, 0.3) is 0 Å². The zero-order valence-corrected chi connectivity index (χ0v) is 15.1. The number of ether oxygens (including phenoxy) is 3. The van der Waals surface area contributed by atoms with Gasteiger partial charge in [-0.3, -0.25) is 0 Å². The molecule has 1 atom stereocenters. The van der Waals surface area contributed by atoms with E-state index in [0.29, 0.717) is 12.0 Å². The molecule has 1 N–H and O–H groups in total. The maximum absolute atomic E-state index is 5.54. The highest BCUT2D eigenvalue weighted by Crippen LogP contribution is 2.33. The van der Waals surface area contributed by atoms with Crippen molar-refractivity contribution < 1.29 is 14.2 Å². The summed E-state index contributed by atoms with van der Waals surface area (Å²) in [5, 5.41) is 3.55. The minimum atomic E-state index is 0.324. The highest BCUT2D eigenvalue weighted by Gasteiger charge is 2.15. The van der Waals surface area contributed by atoms with Crippen molar-refractivity contribution in [3.8, 4) is 11.5 Å². The van der Waals surface area contributed by atoms with Crippen LogP contribution in [0, 0.1) is 5.92 Å². The highest BCUT2D eigenvalue weighted by molar-refractivity contribution is 9.10. The molecule has 0 bridgehead atoms. The largest absolute Gasteiger partial charge is 0.493 e. The quantitative estimate of drug-likeness (QED) is 0.730. The van der Waals surface area contributed by atoms with Crippen molar-refractivity contribution in [1.29, 1.82) is 0 Å². The van der Waals surface area contributed by atoms with Gasteiger partial charge in [-0.2, -0.15) is 0 Å². The van der Waals surface area contributed by atoms with E-state index in [1.807, 2.05) is 19.1 Å². The second-order valence-corrected chi connectivity index (χ2v) is 6.04. The van der Waals surface area contributed by atoms with Crippen LogP contribution in [0.5, 0.6) is 11.5 Å². The lowest BCUT2D eigenvalue weighted by Crippen LogP contribution is -2.37. The fourth-order valence-corrected chi connectivity index (χ4v) is 2.47. The first kappa shape index (κ1) is 18.3. The standard InChI is InChI=1S/C16H26BrNO3/c1-6-21-10-14(11(2)3)18-9-12-7-15(19-4)16(20-5)8-13(12)17/h7-8,11,14,18H,6,9-10H2,1-5H3. The molecule has 120 valence electrons. The molecule has 0 aliphatic carbocycles. The van der Waals surface area contributed by atoms with Crippen molar-refractivity contribution in [1.82, 2.24) is 5.32 Å². The minimum absolute atomic E-state index is 0.324. The molecule has 0 radical (unpaired) electrons. The van der Waals surface area contributed by atoms with Gasteiger partial charge in [-0.05, 0) is 30.5 Å². The van der Waals surface area contributed by atoms with Gasteiger partial charge in [-0.25, -0.2) is 0 Å². The van der Waals surface area contributed by atoms with Gasteiger partial charge in [0.2, 0.25) is 0 Å². The van der Waals surface area contributed by atoms with E-state index in [0.717, 1.165) is 41.3 Å². The monoisotopic (exact) mass is 359 g/mol. The van der Waals surface area contributed by atoms with Crippen molar-refractivity contribution >= 4 is 15.9 Å². The summed E-state index contributed by atoms with van der Waals surface area (Å²) in [7, 11) is 3.29. The van der Waals surface area contributed by atoms with Crippen LogP contribution in [-0.2, 0) is 11.3 Å².